The Balaban J connectivity index is 2.17. The van der Waals surface area contributed by atoms with Crippen molar-refractivity contribution in [3.63, 3.8) is 0 Å². The molecule has 1 aliphatic carbocycles. The van der Waals surface area contributed by atoms with E-state index in [1.165, 1.54) is 18.9 Å². The van der Waals surface area contributed by atoms with Gasteiger partial charge in [0, 0.05) is 12.0 Å². The molecule has 1 fully saturated rings. The summed E-state index contributed by atoms with van der Waals surface area (Å²) in [4.78, 5) is 0. The molecule has 1 atom stereocenters. The average Bonchev–Trinajstić information content (AvgIpc) is 2.35. The lowest BCUT2D eigenvalue weighted by Crippen LogP contribution is -2.26. The number of benzene rings is 1. The summed E-state index contributed by atoms with van der Waals surface area (Å²) in [6.45, 7) is 2.69. The summed E-state index contributed by atoms with van der Waals surface area (Å²) in [6, 6.07) is 3.84. The first-order valence-electron chi connectivity index (χ1n) is 6.76. The van der Waals surface area contributed by atoms with Gasteiger partial charge in [0.05, 0.1) is 0 Å². The smallest absolute Gasteiger partial charge is 0.129 e. The van der Waals surface area contributed by atoms with E-state index in [0.29, 0.717) is 18.0 Å². The van der Waals surface area contributed by atoms with Crippen molar-refractivity contribution in [2.45, 2.75) is 38.5 Å². The molecular formula is C15H21F2N. The highest BCUT2D eigenvalue weighted by atomic mass is 19.1. The Hall–Kier alpha value is -0.960. The predicted molar refractivity (Wildman–Crippen MR) is 69.3 cm³/mol. The fourth-order valence-corrected chi connectivity index (χ4v) is 3.06. The molecule has 2 N–H and O–H groups in total. The molecule has 0 saturated heterocycles. The quantitative estimate of drug-likeness (QED) is 0.870. The van der Waals surface area contributed by atoms with Gasteiger partial charge in [0.2, 0.25) is 0 Å². The zero-order valence-electron chi connectivity index (χ0n) is 10.8. The van der Waals surface area contributed by atoms with Gasteiger partial charge in [0.25, 0.3) is 0 Å². The zero-order valence-corrected chi connectivity index (χ0v) is 10.8. The van der Waals surface area contributed by atoms with Gasteiger partial charge in [-0.1, -0.05) is 25.8 Å². The van der Waals surface area contributed by atoms with Crippen LogP contribution >= 0.6 is 0 Å². The van der Waals surface area contributed by atoms with Crippen molar-refractivity contribution in [3.8, 4) is 0 Å². The molecule has 100 valence electrons. The topological polar surface area (TPSA) is 26.0 Å². The highest BCUT2D eigenvalue weighted by Gasteiger charge is 2.28. The van der Waals surface area contributed by atoms with Gasteiger partial charge in [0.1, 0.15) is 11.6 Å². The average molecular weight is 253 g/mol. The van der Waals surface area contributed by atoms with Crippen LogP contribution in [0.25, 0.3) is 0 Å². The Bertz CT molecular complexity index is 397. The lowest BCUT2D eigenvalue weighted by molar-refractivity contribution is 0.253. The summed E-state index contributed by atoms with van der Waals surface area (Å²) in [5.74, 6) is 0.246. The molecule has 0 bridgehead atoms. The van der Waals surface area contributed by atoms with E-state index in [0.717, 1.165) is 24.8 Å². The van der Waals surface area contributed by atoms with Crippen molar-refractivity contribution in [1.82, 2.24) is 0 Å². The van der Waals surface area contributed by atoms with Crippen molar-refractivity contribution in [2.24, 2.45) is 17.6 Å². The van der Waals surface area contributed by atoms with Gasteiger partial charge < -0.3 is 5.73 Å². The molecule has 2 rings (SSSR count). The molecule has 1 unspecified atom stereocenters. The highest BCUT2D eigenvalue weighted by molar-refractivity contribution is 5.24. The Labute approximate surface area is 107 Å². The van der Waals surface area contributed by atoms with E-state index in [2.05, 4.69) is 6.92 Å². The lowest BCUT2D eigenvalue weighted by atomic mass is 9.74. The fraction of sp³-hybridized carbons (Fsp3) is 0.600. The number of hydrogen-bond acceptors (Lipinski definition) is 1. The van der Waals surface area contributed by atoms with Crippen LogP contribution in [0.2, 0.25) is 0 Å². The molecule has 0 aliphatic heterocycles. The van der Waals surface area contributed by atoms with E-state index in [1.807, 2.05) is 0 Å². The van der Waals surface area contributed by atoms with Crippen molar-refractivity contribution >= 4 is 0 Å². The van der Waals surface area contributed by atoms with Crippen LogP contribution in [0.3, 0.4) is 0 Å². The second kappa shape index (κ2) is 5.79. The van der Waals surface area contributed by atoms with E-state index in [1.54, 1.807) is 6.07 Å². The Morgan fingerprint density at radius 1 is 1.22 bits per heavy atom. The molecule has 0 radical (unpaired) electrons. The monoisotopic (exact) mass is 253 g/mol. The summed E-state index contributed by atoms with van der Waals surface area (Å²) in [6.07, 6.45) is 4.56. The van der Waals surface area contributed by atoms with E-state index >= 15 is 0 Å². The normalized spacial score (nSPS) is 26.0. The van der Waals surface area contributed by atoms with Gasteiger partial charge in [-0.15, -0.1) is 0 Å². The molecule has 1 nitrogen and oxygen atoms in total. The van der Waals surface area contributed by atoms with Crippen LogP contribution < -0.4 is 5.73 Å². The molecule has 18 heavy (non-hydrogen) atoms. The van der Waals surface area contributed by atoms with Gasteiger partial charge in [-0.05, 0) is 42.9 Å². The molecular weight excluding hydrogens is 232 g/mol. The number of halogens is 2. The SMILES string of the molecule is CC1CCC(C(CN)c2ccc(F)cc2F)CC1. The van der Waals surface area contributed by atoms with E-state index in [9.17, 15) is 8.78 Å². The second-order valence-electron chi connectivity index (χ2n) is 5.53. The van der Waals surface area contributed by atoms with Crippen molar-refractivity contribution in [1.29, 1.82) is 0 Å². The third kappa shape index (κ3) is 2.89. The molecule has 1 saturated carbocycles. The molecule has 3 heteroatoms. The summed E-state index contributed by atoms with van der Waals surface area (Å²) in [5.41, 5.74) is 6.40. The predicted octanol–water partition coefficient (Wildman–Crippen LogP) is 3.83. The third-order valence-electron chi connectivity index (χ3n) is 4.25. The van der Waals surface area contributed by atoms with Crippen molar-refractivity contribution in [2.75, 3.05) is 6.54 Å². The maximum absolute atomic E-state index is 13.8. The summed E-state index contributed by atoms with van der Waals surface area (Å²) in [5, 5.41) is 0. The van der Waals surface area contributed by atoms with Gasteiger partial charge in [-0.2, -0.15) is 0 Å². The van der Waals surface area contributed by atoms with E-state index in [-0.39, 0.29) is 5.92 Å². The molecule has 0 aromatic heterocycles. The maximum atomic E-state index is 13.8. The second-order valence-corrected chi connectivity index (χ2v) is 5.53. The molecule has 0 spiro atoms. The minimum atomic E-state index is -0.524. The summed E-state index contributed by atoms with van der Waals surface area (Å²) >= 11 is 0. The molecule has 1 aromatic rings. The van der Waals surface area contributed by atoms with Gasteiger partial charge in [-0.3, -0.25) is 0 Å². The minimum absolute atomic E-state index is 0.0260. The number of hydrogen-bond donors (Lipinski definition) is 1. The van der Waals surface area contributed by atoms with Crippen LogP contribution in [0.15, 0.2) is 18.2 Å². The van der Waals surface area contributed by atoms with Crippen LogP contribution in [0.1, 0.15) is 44.1 Å². The molecule has 1 aromatic carbocycles. The van der Waals surface area contributed by atoms with Crippen LogP contribution in [0.4, 0.5) is 8.78 Å². The zero-order chi connectivity index (χ0) is 13.1. The highest BCUT2D eigenvalue weighted by Crippen LogP contribution is 2.38. The summed E-state index contributed by atoms with van der Waals surface area (Å²) < 4.78 is 26.8. The van der Waals surface area contributed by atoms with Gasteiger partial charge in [-0.25, -0.2) is 8.78 Å². The van der Waals surface area contributed by atoms with Crippen LogP contribution in [-0.2, 0) is 0 Å². The van der Waals surface area contributed by atoms with Crippen LogP contribution in [-0.4, -0.2) is 6.54 Å². The first-order valence-corrected chi connectivity index (χ1v) is 6.76. The first kappa shape index (κ1) is 13.5. The Kier molecular flexibility index (Phi) is 4.33. The largest absolute Gasteiger partial charge is 0.330 e. The third-order valence-corrected chi connectivity index (χ3v) is 4.25. The molecule has 0 amide bonds. The maximum Gasteiger partial charge on any atom is 0.129 e. The molecule has 1 aliphatic rings. The first-order chi connectivity index (χ1) is 8.61. The van der Waals surface area contributed by atoms with E-state index < -0.39 is 11.6 Å². The standard InChI is InChI=1S/C15H21F2N/c1-10-2-4-11(5-3-10)14(9-18)13-7-6-12(16)8-15(13)17/h6-8,10-11,14H,2-5,9,18H2,1H3. The van der Waals surface area contributed by atoms with Gasteiger partial charge in [0.15, 0.2) is 0 Å². The minimum Gasteiger partial charge on any atom is -0.330 e. The number of nitrogens with two attached hydrogens (primary N) is 1. The van der Waals surface area contributed by atoms with Crippen LogP contribution in [0.5, 0.6) is 0 Å². The number of rotatable bonds is 3. The van der Waals surface area contributed by atoms with Crippen molar-refractivity contribution < 1.29 is 8.78 Å². The lowest BCUT2D eigenvalue weighted by Gasteiger charge is -2.32. The Morgan fingerprint density at radius 3 is 2.44 bits per heavy atom. The fourth-order valence-electron chi connectivity index (χ4n) is 3.06. The van der Waals surface area contributed by atoms with Crippen molar-refractivity contribution in [3.05, 3.63) is 35.4 Å². The Morgan fingerprint density at radius 2 is 1.89 bits per heavy atom. The summed E-state index contributed by atoms with van der Waals surface area (Å²) in [7, 11) is 0. The van der Waals surface area contributed by atoms with Gasteiger partial charge >= 0.3 is 0 Å². The van der Waals surface area contributed by atoms with Crippen LogP contribution in [0, 0.1) is 23.5 Å². The van der Waals surface area contributed by atoms with E-state index in [4.69, 9.17) is 5.73 Å². The molecule has 0 heterocycles.